The fourth-order valence-corrected chi connectivity index (χ4v) is 3.95. The van der Waals surface area contributed by atoms with Crippen LogP contribution >= 0.6 is 0 Å². The SMILES string of the molecule is CCn1c2ccccc2c2cc(CCCc3nc(N(C)C)nc(N(C)C)n3)ccc21. The minimum atomic E-state index is 0.706. The Morgan fingerprint density at radius 2 is 1.43 bits per heavy atom. The normalized spacial score (nSPS) is 11.4. The lowest BCUT2D eigenvalue weighted by Crippen LogP contribution is -2.20. The molecule has 0 unspecified atom stereocenters. The lowest BCUT2D eigenvalue weighted by atomic mass is 10.0. The minimum Gasteiger partial charge on any atom is -0.347 e. The number of hydrogen-bond acceptors (Lipinski definition) is 5. The second-order valence-electron chi connectivity index (χ2n) is 8.11. The van der Waals surface area contributed by atoms with Crippen molar-refractivity contribution in [1.29, 1.82) is 0 Å². The van der Waals surface area contributed by atoms with Crippen molar-refractivity contribution >= 4 is 33.7 Å². The zero-order valence-electron chi connectivity index (χ0n) is 18.6. The molecular formula is C24H30N6. The summed E-state index contributed by atoms with van der Waals surface area (Å²) in [6, 6.07) is 15.6. The lowest BCUT2D eigenvalue weighted by Gasteiger charge is -2.16. The van der Waals surface area contributed by atoms with Gasteiger partial charge in [-0.25, -0.2) is 0 Å². The van der Waals surface area contributed by atoms with Gasteiger partial charge in [-0.15, -0.1) is 0 Å². The van der Waals surface area contributed by atoms with Crippen molar-refractivity contribution < 1.29 is 0 Å². The average Bonchev–Trinajstić information content (AvgIpc) is 3.06. The number of aromatic nitrogens is 4. The van der Waals surface area contributed by atoms with Gasteiger partial charge < -0.3 is 14.4 Å². The summed E-state index contributed by atoms with van der Waals surface area (Å²) in [7, 11) is 7.84. The van der Waals surface area contributed by atoms with Crippen molar-refractivity contribution in [2.45, 2.75) is 32.7 Å². The van der Waals surface area contributed by atoms with Crippen LogP contribution in [-0.4, -0.2) is 47.7 Å². The van der Waals surface area contributed by atoms with Gasteiger partial charge in [0.15, 0.2) is 0 Å². The quantitative estimate of drug-likeness (QED) is 0.461. The lowest BCUT2D eigenvalue weighted by molar-refractivity contribution is 0.752. The maximum absolute atomic E-state index is 4.63. The van der Waals surface area contributed by atoms with Gasteiger partial charge in [0.25, 0.3) is 0 Å². The molecule has 0 aliphatic carbocycles. The van der Waals surface area contributed by atoms with Gasteiger partial charge in [-0.1, -0.05) is 24.3 Å². The molecule has 2 heterocycles. The molecule has 0 atom stereocenters. The van der Waals surface area contributed by atoms with E-state index in [4.69, 9.17) is 0 Å². The van der Waals surface area contributed by atoms with Gasteiger partial charge in [-0.05, 0) is 43.5 Å². The van der Waals surface area contributed by atoms with Gasteiger partial charge in [-0.3, -0.25) is 0 Å². The molecule has 0 saturated carbocycles. The fourth-order valence-electron chi connectivity index (χ4n) is 3.95. The first-order chi connectivity index (χ1) is 14.5. The van der Waals surface area contributed by atoms with Crippen molar-refractivity contribution in [3.8, 4) is 0 Å². The third-order valence-electron chi connectivity index (χ3n) is 5.48. The van der Waals surface area contributed by atoms with E-state index in [-0.39, 0.29) is 0 Å². The topological polar surface area (TPSA) is 50.1 Å². The Bertz CT molecular complexity index is 1150. The maximum Gasteiger partial charge on any atom is 0.229 e. The van der Waals surface area contributed by atoms with Crippen LogP contribution in [0.2, 0.25) is 0 Å². The average molecular weight is 403 g/mol. The highest BCUT2D eigenvalue weighted by atomic mass is 15.3. The Morgan fingerprint density at radius 1 is 0.767 bits per heavy atom. The van der Waals surface area contributed by atoms with Crippen LogP contribution in [0.4, 0.5) is 11.9 Å². The van der Waals surface area contributed by atoms with Crippen LogP contribution < -0.4 is 9.80 Å². The van der Waals surface area contributed by atoms with Crippen LogP contribution in [0, 0.1) is 0 Å². The molecule has 0 N–H and O–H groups in total. The van der Waals surface area contributed by atoms with E-state index < -0.39 is 0 Å². The van der Waals surface area contributed by atoms with E-state index in [0.717, 1.165) is 31.6 Å². The molecule has 30 heavy (non-hydrogen) atoms. The Morgan fingerprint density at radius 3 is 2.10 bits per heavy atom. The van der Waals surface area contributed by atoms with Crippen LogP contribution in [0.15, 0.2) is 42.5 Å². The summed E-state index contributed by atoms with van der Waals surface area (Å²) < 4.78 is 2.39. The number of anilines is 2. The van der Waals surface area contributed by atoms with Crippen LogP contribution in [0.25, 0.3) is 21.8 Å². The molecule has 2 aromatic carbocycles. The van der Waals surface area contributed by atoms with Crippen molar-refractivity contribution in [2.75, 3.05) is 38.0 Å². The molecule has 0 aliphatic heterocycles. The van der Waals surface area contributed by atoms with Gasteiger partial charge in [0.1, 0.15) is 5.82 Å². The molecule has 0 fully saturated rings. The largest absolute Gasteiger partial charge is 0.347 e. The number of para-hydroxylation sites is 1. The molecule has 156 valence electrons. The number of aryl methyl sites for hydroxylation is 3. The fraction of sp³-hybridized carbons (Fsp3) is 0.375. The molecule has 6 heteroatoms. The van der Waals surface area contributed by atoms with E-state index in [1.54, 1.807) is 0 Å². The second kappa shape index (κ2) is 8.30. The highest BCUT2D eigenvalue weighted by molar-refractivity contribution is 6.08. The van der Waals surface area contributed by atoms with Crippen molar-refractivity contribution in [3.05, 3.63) is 53.9 Å². The summed E-state index contributed by atoms with van der Waals surface area (Å²) in [6.45, 7) is 3.18. The second-order valence-corrected chi connectivity index (χ2v) is 8.11. The maximum atomic E-state index is 4.63. The van der Waals surface area contributed by atoms with Crippen LogP contribution in [0.1, 0.15) is 24.7 Å². The van der Waals surface area contributed by atoms with Gasteiger partial charge in [-0.2, -0.15) is 15.0 Å². The first-order valence-electron chi connectivity index (χ1n) is 10.6. The minimum absolute atomic E-state index is 0.706. The van der Waals surface area contributed by atoms with Crippen LogP contribution in [-0.2, 0) is 19.4 Å². The Labute approximate surface area is 178 Å². The number of fused-ring (bicyclic) bond motifs is 3. The molecule has 0 aliphatic rings. The number of hydrogen-bond donors (Lipinski definition) is 0. The first-order valence-corrected chi connectivity index (χ1v) is 10.6. The van der Waals surface area contributed by atoms with Gasteiger partial charge in [0, 0.05) is 63.0 Å². The molecule has 0 spiro atoms. The molecule has 6 nitrogen and oxygen atoms in total. The van der Waals surface area contributed by atoms with Crippen LogP contribution in [0.5, 0.6) is 0 Å². The molecule has 4 rings (SSSR count). The summed E-state index contributed by atoms with van der Waals surface area (Å²) in [4.78, 5) is 17.6. The first kappa shape index (κ1) is 20.1. The summed E-state index contributed by atoms with van der Waals surface area (Å²) in [6.07, 6.45) is 2.84. The number of benzene rings is 2. The van der Waals surface area contributed by atoms with E-state index >= 15 is 0 Å². The number of nitrogens with zero attached hydrogens (tertiary/aromatic N) is 6. The summed E-state index contributed by atoms with van der Waals surface area (Å²) >= 11 is 0. The molecular weight excluding hydrogens is 372 g/mol. The predicted octanol–water partition coefficient (Wildman–Crippen LogP) is 4.31. The zero-order chi connectivity index (χ0) is 21.3. The molecule has 0 amide bonds. The predicted molar refractivity (Wildman–Crippen MR) is 126 cm³/mol. The monoisotopic (exact) mass is 402 g/mol. The molecule has 4 aromatic rings. The van der Waals surface area contributed by atoms with E-state index in [9.17, 15) is 0 Å². The van der Waals surface area contributed by atoms with Crippen molar-refractivity contribution in [1.82, 2.24) is 19.5 Å². The summed E-state index contributed by atoms with van der Waals surface area (Å²) in [5, 5.41) is 2.68. The van der Waals surface area contributed by atoms with E-state index in [1.807, 2.05) is 38.0 Å². The Balaban J connectivity index is 1.55. The highest BCUT2D eigenvalue weighted by Crippen LogP contribution is 2.30. The zero-order valence-corrected chi connectivity index (χ0v) is 18.6. The Hall–Kier alpha value is -3.15. The molecule has 0 radical (unpaired) electrons. The molecule has 2 aromatic heterocycles. The smallest absolute Gasteiger partial charge is 0.229 e. The van der Waals surface area contributed by atoms with E-state index in [0.29, 0.717) is 11.9 Å². The third kappa shape index (κ3) is 3.82. The van der Waals surface area contributed by atoms with Gasteiger partial charge in [0.2, 0.25) is 11.9 Å². The van der Waals surface area contributed by atoms with E-state index in [1.165, 1.54) is 27.4 Å². The molecule has 0 saturated heterocycles. The Kier molecular flexibility index (Phi) is 5.57. The van der Waals surface area contributed by atoms with Crippen LogP contribution in [0.3, 0.4) is 0 Å². The van der Waals surface area contributed by atoms with Gasteiger partial charge >= 0.3 is 0 Å². The van der Waals surface area contributed by atoms with E-state index in [2.05, 4.69) is 68.9 Å². The third-order valence-corrected chi connectivity index (χ3v) is 5.48. The van der Waals surface area contributed by atoms with Crippen molar-refractivity contribution in [2.24, 2.45) is 0 Å². The standard InChI is InChI=1S/C24H30N6/c1-6-30-20-12-8-7-11-18(20)19-16-17(14-15-21(19)30)10-9-13-22-25-23(28(2)3)27-24(26-22)29(4)5/h7-8,11-12,14-16H,6,9-10,13H2,1-5H3. The highest BCUT2D eigenvalue weighted by Gasteiger charge is 2.11. The van der Waals surface area contributed by atoms with Crippen molar-refractivity contribution in [3.63, 3.8) is 0 Å². The molecule has 0 bridgehead atoms. The summed E-state index contributed by atoms with van der Waals surface area (Å²) in [5.41, 5.74) is 3.98. The van der Waals surface area contributed by atoms with Gasteiger partial charge in [0.05, 0.1) is 0 Å². The summed E-state index contributed by atoms with van der Waals surface area (Å²) in [5.74, 6) is 2.26. The number of rotatable bonds is 7.